The van der Waals surface area contributed by atoms with Gasteiger partial charge in [0.25, 0.3) is 0 Å². The first-order chi connectivity index (χ1) is 12.6. The summed E-state index contributed by atoms with van der Waals surface area (Å²) < 4.78 is 2.03. The first kappa shape index (κ1) is 16.3. The zero-order valence-corrected chi connectivity index (χ0v) is 15.3. The van der Waals surface area contributed by atoms with Crippen molar-refractivity contribution in [2.24, 2.45) is 0 Å². The highest BCUT2D eigenvalue weighted by Gasteiger charge is 2.20. The monoisotopic (exact) mass is 342 g/mol. The number of rotatable bonds is 4. The highest BCUT2D eigenvalue weighted by molar-refractivity contribution is 5.69. The molecule has 0 saturated heterocycles. The number of para-hydroxylation sites is 1. The summed E-state index contributed by atoms with van der Waals surface area (Å²) in [7, 11) is 0. The van der Waals surface area contributed by atoms with Gasteiger partial charge in [0.1, 0.15) is 5.82 Å². The van der Waals surface area contributed by atoms with Crippen molar-refractivity contribution in [1.82, 2.24) is 14.4 Å². The van der Waals surface area contributed by atoms with E-state index in [1.54, 1.807) is 6.20 Å². The summed E-state index contributed by atoms with van der Waals surface area (Å²) in [6.07, 6.45) is 3.79. The molecule has 1 N–H and O–H groups in total. The third-order valence-electron chi connectivity index (χ3n) is 4.86. The van der Waals surface area contributed by atoms with E-state index < -0.39 is 0 Å². The lowest BCUT2D eigenvalue weighted by Gasteiger charge is -2.16. The SMILES string of the molecule is Cc1cccc(C)c1Nc1c(C(C)c2ccccc2)nc2ncccn12. The van der Waals surface area contributed by atoms with E-state index in [0.29, 0.717) is 5.78 Å². The lowest BCUT2D eigenvalue weighted by molar-refractivity contribution is 0.887. The molecule has 4 nitrogen and oxygen atoms in total. The number of imidazole rings is 1. The topological polar surface area (TPSA) is 42.2 Å². The number of anilines is 2. The van der Waals surface area contributed by atoms with Crippen LogP contribution in [-0.4, -0.2) is 14.4 Å². The Balaban J connectivity index is 1.87. The van der Waals surface area contributed by atoms with Gasteiger partial charge in [-0.3, -0.25) is 4.40 Å². The van der Waals surface area contributed by atoms with Gasteiger partial charge in [-0.2, -0.15) is 0 Å². The van der Waals surface area contributed by atoms with E-state index in [0.717, 1.165) is 17.2 Å². The smallest absolute Gasteiger partial charge is 0.235 e. The molecular weight excluding hydrogens is 320 g/mol. The van der Waals surface area contributed by atoms with Gasteiger partial charge in [-0.1, -0.05) is 55.5 Å². The minimum Gasteiger partial charge on any atom is -0.339 e. The zero-order chi connectivity index (χ0) is 18.1. The number of aromatic nitrogens is 3. The van der Waals surface area contributed by atoms with Crippen molar-refractivity contribution in [1.29, 1.82) is 0 Å². The summed E-state index contributed by atoms with van der Waals surface area (Å²) in [6.45, 7) is 6.43. The summed E-state index contributed by atoms with van der Waals surface area (Å²) in [4.78, 5) is 9.27. The number of fused-ring (bicyclic) bond motifs is 1. The second-order valence-electron chi connectivity index (χ2n) is 6.66. The summed E-state index contributed by atoms with van der Waals surface area (Å²) in [6, 6.07) is 18.7. The zero-order valence-electron chi connectivity index (χ0n) is 15.3. The molecule has 0 aliphatic rings. The van der Waals surface area contributed by atoms with E-state index in [-0.39, 0.29) is 5.92 Å². The van der Waals surface area contributed by atoms with Crippen molar-refractivity contribution in [2.45, 2.75) is 26.7 Å². The maximum atomic E-state index is 4.83. The molecule has 2 heterocycles. The van der Waals surface area contributed by atoms with Crippen LogP contribution in [0.25, 0.3) is 5.78 Å². The van der Waals surface area contributed by atoms with Crippen LogP contribution in [0.1, 0.15) is 35.2 Å². The van der Waals surface area contributed by atoms with Gasteiger partial charge >= 0.3 is 0 Å². The number of nitrogens with zero attached hydrogens (tertiary/aromatic N) is 3. The van der Waals surface area contributed by atoms with Crippen LogP contribution in [0.4, 0.5) is 11.5 Å². The lowest BCUT2D eigenvalue weighted by atomic mass is 9.97. The average molecular weight is 342 g/mol. The number of benzene rings is 2. The predicted molar refractivity (Wildman–Crippen MR) is 106 cm³/mol. The fraction of sp³-hybridized carbons (Fsp3) is 0.182. The summed E-state index contributed by atoms with van der Waals surface area (Å²) >= 11 is 0. The van der Waals surface area contributed by atoms with E-state index in [4.69, 9.17) is 4.98 Å². The van der Waals surface area contributed by atoms with Crippen molar-refractivity contribution in [3.8, 4) is 0 Å². The van der Waals surface area contributed by atoms with Gasteiger partial charge in [0.2, 0.25) is 5.78 Å². The fourth-order valence-corrected chi connectivity index (χ4v) is 3.36. The number of aryl methyl sites for hydroxylation is 2. The Morgan fingerprint density at radius 1 is 0.923 bits per heavy atom. The molecule has 1 unspecified atom stereocenters. The van der Waals surface area contributed by atoms with Crippen LogP contribution in [0.5, 0.6) is 0 Å². The molecule has 0 bridgehead atoms. The Kier molecular flexibility index (Phi) is 4.17. The van der Waals surface area contributed by atoms with Crippen LogP contribution in [0.15, 0.2) is 67.0 Å². The van der Waals surface area contributed by atoms with Crippen LogP contribution < -0.4 is 5.32 Å². The number of hydrogen-bond donors (Lipinski definition) is 1. The van der Waals surface area contributed by atoms with Gasteiger partial charge in [-0.05, 0) is 36.6 Å². The van der Waals surface area contributed by atoms with Gasteiger partial charge < -0.3 is 5.32 Å². The molecule has 4 rings (SSSR count). The minimum atomic E-state index is 0.157. The Hall–Kier alpha value is -3.14. The van der Waals surface area contributed by atoms with Gasteiger partial charge in [0.05, 0.1) is 5.69 Å². The van der Waals surface area contributed by atoms with Crippen LogP contribution >= 0.6 is 0 Å². The van der Waals surface area contributed by atoms with E-state index in [1.807, 2.05) is 22.7 Å². The van der Waals surface area contributed by atoms with Crippen molar-refractivity contribution < 1.29 is 0 Å². The van der Waals surface area contributed by atoms with E-state index in [1.165, 1.54) is 16.7 Å². The molecule has 0 radical (unpaired) electrons. The molecule has 0 saturated carbocycles. The largest absolute Gasteiger partial charge is 0.339 e. The number of nitrogens with one attached hydrogen (secondary N) is 1. The van der Waals surface area contributed by atoms with Crippen molar-refractivity contribution in [3.63, 3.8) is 0 Å². The van der Waals surface area contributed by atoms with Crippen LogP contribution in [0, 0.1) is 13.8 Å². The minimum absolute atomic E-state index is 0.157. The van der Waals surface area contributed by atoms with Gasteiger partial charge in [-0.25, -0.2) is 9.97 Å². The van der Waals surface area contributed by atoms with Gasteiger partial charge in [-0.15, -0.1) is 0 Å². The van der Waals surface area contributed by atoms with E-state index in [9.17, 15) is 0 Å². The quantitative estimate of drug-likeness (QED) is 0.551. The van der Waals surface area contributed by atoms with Crippen LogP contribution in [0.3, 0.4) is 0 Å². The third kappa shape index (κ3) is 2.84. The van der Waals surface area contributed by atoms with Crippen LogP contribution in [-0.2, 0) is 0 Å². The second-order valence-corrected chi connectivity index (χ2v) is 6.66. The Labute approximate surface area is 153 Å². The molecule has 2 aromatic heterocycles. The Bertz CT molecular complexity index is 1030. The normalized spacial score (nSPS) is 12.3. The molecule has 2 aromatic carbocycles. The highest BCUT2D eigenvalue weighted by Crippen LogP contribution is 2.33. The molecule has 0 spiro atoms. The summed E-state index contributed by atoms with van der Waals surface area (Å²) in [5.41, 5.74) is 5.78. The standard InChI is InChI=1S/C22H22N4/c1-15-9-7-10-16(2)19(15)24-21-20(17(3)18-11-5-4-6-12-18)25-22-23-13-8-14-26(21)22/h4-14,17,24H,1-3H3. The first-order valence-electron chi connectivity index (χ1n) is 8.86. The molecule has 1 atom stereocenters. The molecule has 0 aliphatic carbocycles. The Morgan fingerprint density at radius 3 is 2.38 bits per heavy atom. The first-order valence-corrected chi connectivity index (χ1v) is 8.86. The maximum Gasteiger partial charge on any atom is 0.235 e. The number of hydrogen-bond acceptors (Lipinski definition) is 3. The third-order valence-corrected chi connectivity index (χ3v) is 4.86. The van der Waals surface area contributed by atoms with E-state index in [2.05, 4.69) is 73.5 Å². The van der Waals surface area contributed by atoms with Crippen molar-refractivity contribution in [3.05, 3.63) is 89.4 Å². The maximum absolute atomic E-state index is 4.83. The van der Waals surface area contributed by atoms with Crippen molar-refractivity contribution in [2.75, 3.05) is 5.32 Å². The van der Waals surface area contributed by atoms with Crippen molar-refractivity contribution >= 4 is 17.3 Å². The predicted octanol–water partition coefficient (Wildman–Crippen LogP) is 5.24. The second kappa shape index (κ2) is 6.64. The van der Waals surface area contributed by atoms with Gasteiger partial charge in [0, 0.05) is 24.0 Å². The molecule has 0 amide bonds. The molecule has 0 aliphatic heterocycles. The molecule has 4 heteroatoms. The Morgan fingerprint density at radius 2 is 1.65 bits per heavy atom. The molecular formula is C22H22N4. The highest BCUT2D eigenvalue weighted by atomic mass is 15.2. The summed E-state index contributed by atoms with van der Waals surface area (Å²) in [5, 5.41) is 3.64. The van der Waals surface area contributed by atoms with Gasteiger partial charge in [0.15, 0.2) is 0 Å². The van der Waals surface area contributed by atoms with E-state index >= 15 is 0 Å². The molecule has 4 aromatic rings. The average Bonchev–Trinajstić information content (AvgIpc) is 3.03. The molecule has 130 valence electrons. The molecule has 26 heavy (non-hydrogen) atoms. The summed E-state index contributed by atoms with van der Waals surface area (Å²) in [5.74, 6) is 1.84. The fourth-order valence-electron chi connectivity index (χ4n) is 3.36. The van der Waals surface area contributed by atoms with Crippen LogP contribution in [0.2, 0.25) is 0 Å². The lowest BCUT2D eigenvalue weighted by Crippen LogP contribution is -2.05. The molecule has 0 fully saturated rings.